The minimum absolute atomic E-state index is 0.200. The predicted molar refractivity (Wildman–Crippen MR) is 238 cm³/mol. The highest BCUT2D eigenvalue weighted by Gasteiger charge is 2.55. The first kappa shape index (κ1) is 32.7. The van der Waals surface area contributed by atoms with Gasteiger partial charge in [-0.25, -0.2) is 0 Å². The molecule has 6 aliphatic carbocycles. The Morgan fingerprint density at radius 3 is 2.53 bits per heavy atom. The third-order valence-corrected chi connectivity index (χ3v) is 14.6. The first-order valence-electron chi connectivity index (χ1n) is 21.4. The van der Waals surface area contributed by atoms with E-state index in [0.717, 1.165) is 36.1 Å². The minimum Gasteiger partial charge on any atom is -0.456 e. The van der Waals surface area contributed by atoms with Gasteiger partial charge in [-0.05, 0) is 125 Å². The average Bonchev–Trinajstić information content (AvgIpc) is 4.00. The second kappa shape index (κ2) is 12.3. The first-order chi connectivity index (χ1) is 28.8. The molecule has 0 bridgehead atoms. The fraction of sp³-hybridized carbons (Fsp3) is 0.200. The van der Waals surface area contributed by atoms with Crippen molar-refractivity contribution in [1.82, 2.24) is 0 Å². The van der Waals surface area contributed by atoms with Gasteiger partial charge in [-0.15, -0.1) is 0 Å². The maximum Gasteiger partial charge on any atom is 0.139 e. The Morgan fingerprint density at radius 1 is 0.707 bits per heavy atom. The smallest absolute Gasteiger partial charge is 0.139 e. The molecule has 7 aliphatic rings. The van der Waals surface area contributed by atoms with E-state index < -0.39 is 0 Å². The Morgan fingerprint density at radius 2 is 1.57 bits per heavy atom. The van der Waals surface area contributed by atoms with Crippen molar-refractivity contribution < 1.29 is 4.42 Å². The Kier molecular flexibility index (Phi) is 6.96. The van der Waals surface area contributed by atoms with Crippen LogP contribution in [0.3, 0.4) is 0 Å². The van der Waals surface area contributed by atoms with E-state index in [1.165, 1.54) is 79.5 Å². The number of benzene rings is 5. The topological polar surface area (TPSA) is 28.4 Å². The summed E-state index contributed by atoms with van der Waals surface area (Å²) in [7, 11) is 0. The molecule has 58 heavy (non-hydrogen) atoms. The molecule has 2 heterocycles. The zero-order valence-corrected chi connectivity index (χ0v) is 32.4. The van der Waals surface area contributed by atoms with E-state index in [-0.39, 0.29) is 11.3 Å². The van der Waals surface area contributed by atoms with Gasteiger partial charge in [0.15, 0.2) is 0 Å². The summed E-state index contributed by atoms with van der Waals surface area (Å²) < 4.78 is 6.65. The van der Waals surface area contributed by atoms with E-state index in [0.29, 0.717) is 23.9 Å². The number of hydrogen-bond donors (Lipinski definition) is 1. The third-order valence-electron chi connectivity index (χ3n) is 14.6. The molecule has 5 aromatic carbocycles. The standard InChI is InChI=1S/C55H44N2O/c1-2-13-37(14-3-1)57-51-23-10-6-17-43(51)44-30-27-36(33-52(44)57)56-35-26-29-42-40-16-5-9-22-48(40)55(50(42)32-35)47-21-8-4-15-39(47)41-28-25-34(31-49(41)55)38-19-12-20-46-45-18-7-11-24-53(45)58-54(38)46/h1-5,7,9-16,18-20,22-24,26-34,43-44,51-52,56H,6,8,17,21,25H2/t34?,43?,44?,51-,52?,55?/m1/s1. The Balaban J connectivity index is 0.943. The Hall–Kier alpha value is -6.32. The summed E-state index contributed by atoms with van der Waals surface area (Å²) in [6, 6.07) is 43.4. The normalized spacial score (nSPS) is 27.2. The summed E-state index contributed by atoms with van der Waals surface area (Å²) in [5.41, 5.74) is 17.9. The van der Waals surface area contributed by atoms with E-state index in [4.69, 9.17) is 4.42 Å². The van der Waals surface area contributed by atoms with Crippen LogP contribution in [0.25, 0.3) is 33.1 Å². The number of nitrogens with one attached hydrogen (secondary N) is 1. The molecule has 5 unspecified atom stereocenters. The van der Waals surface area contributed by atoms with Gasteiger partial charge in [-0.1, -0.05) is 127 Å². The van der Waals surface area contributed by atoms with Gasteiger partial charge in [-0.3, -0.25) is 0 Å². The van der Waals surface area contributed by atoms with Crippen molar-refractivity contribution in [1.29, 1.82) is 0 Å². The van der Waals surface area contributed by atoms with Crippen molar-refractivity contribution in [3.63, 3.8) is 0 Å². The van der Waals surface area contributed by atoms with Crippen molar-refractivity contribution in [3.05, 3.63) is 215 Å². The van der Waals surface area contributed by atoms with Crippen LogP contribution in [0.2, 0.25) is 0 Å². The Labute approximate surface area is 339 Å². The molecule has 6 atom stereocenters. The van der Waals surface area contributed by atoms with Crippen molar-refractivity contribution >= 4 is 33.3 Å². The van der Waals surface area contributed by atoms with Gasteiger partial charge in [0.05, 0.1) is 17.5 Å². The predicted octanol–water partition coefficient (Wildman–Crippen LogP) is 13.3. The largest absolute Gasteiger partial charge is 0.456 e. The van der Waals surface area contributed by atoms with Gasteiger partial charge >= 0.3 is 0 Å². The molecular weight excluding hydrogens is 705 g/mol. The van der Waals surface area contributed by atoms with E-state index >= 15 is 0 Å². The van der Waals surface area contributed by atoms with Crippen LogP contribution in [0.4, 0.5) is 11.4 Å². The molecule has 6 aromatic rings. The highest BCUT2D eigenvalue weighted by atomic mass is 16.3. The summed E-state index contributed by atoms with van der Waals surface area (Å²) in [6.45, 7) is 0. The molecule has 1 spiro atoms. The fourth-order valence-corrected chi connectivity index (χ4v) is 12.3. The number of rotatable bonds is 4. The van der Waals surface area contributed by atoms with Crippen LogP contribution in [0.5, 0.6) is 0 Å². The van der Waals surface area contributed by atoms with Crippen LogP contribution >= 0.6 is 0 Å². The number of hydrogen-bond acceptors (Lipinski definition) is 3. The van der Waals surface area contributed by atoms with E-state index in [2.05, 4.69) is 180 Å². The van der Waals surface area contributed by atoms with Crippen LogP contribution < -0.4 is 10.2 Å². The third kappa shape index (κ3) is 4.45. The van der Waals surface area contributed by atoms with Gasteiger partial charge in [0.2, 0.25) is 0 Å². The van der Waals surface area contributed by atoms with Crippen LogP contribution in [0.1, 0.15) is 54.7 Å². The minimum atomic E-state index is -0.352. The fourth-order valence-electron chi connectivity index (χ4n) is 12.3. The lowest BCUT2D eigenvalue weighted by Crippen LogP contribution is -2.37. The molecule has 0 radical (unpaired) electrons. The molecule has 1 aromatic heterocycles. The SMILES string of the molecule is C1=CC2=C(CC1)C1(C3=CC(c4cccc5c4oc4ccccc45)CC=C32)c2ccccc2-c2ccc(NC3=CC4C(C=C3)C3CCC=C[C@H]3N4c3ccccc3)cc21. The van der Waals surface area contributed by atoms with Crippen molar-refractivity contribution in [2.75, 3.05) is 10.2 Å². The lowest BCUT2D eigenvalue weighted by molar-refractivity contribution is 0.399. The number of para-hydroxylation sites is 3. The maximum atomic E-state index is 6.65. The molecule has 1 aliphatic heterocycles. The van der Waals surface area contributed by atoms with Gasteiger partial charge in [0.25, 0.3) is 0 Å². The lowest BCUT2D eigenvalue weighted by Gasteiger charge is -2.35. The summed E-state index contributed by atoms with van der Waals surface area (Å²) in [5.74, 6) is 1.33. The second-order valence-electron chi connectivity index (χ2n) is 17.3. The molecule has 13 rings (SSSR count). The molecule has 1 fully saturated rings. The van der Waals surface area contributed by atoms with Gasteiger partial charge in [0, 0.05) is 45.2 Å². The zero-order chi connectivity index (χ0) is 38.0. The molecule has 0 amide bonds. The number of fused-ring (bicyclic) bond motifs is 15. The molecule has 3 heteroatoms. The highest BCUT2D eigenvalue weighted by molar-refractivity contribution is 6.06. The summed E-state index contributed by atoms with van der Waals surface area (Å²) >= 11 is 0. The second-order valence-corrected chi connectivity index (χ2v) is 17.3. The van der Waals surface area contributed by atoms with E-state index in [9.17, 15) is 0 Å². The van der Waals surface area contributed by atoms with Crippen LogP contribution in [0.15, 0.2) is 202 Å². The molecule has 280 valence electrons. The van der Waals surface area contributed by atoms with E-state index in [1.54, 1.807) is 5.57 Å². The lowest BCUT2D eigenvalue weighted by atomic mass is 9.66. The van der Waals surface area contributed by atoms with Crippen molar-refractivity contribution in [2.24, 2.45) is 11.8 Å². The summed E-state index contributed by atoms with van der Waals surface area (Å²) in [5, 5.41) is 6.36. The first-order valence-corrected chi connectivity index (χ1v) is 21.4. The van der Waals surface area contributed by atoms with Crippen LogP contribution in [-0.4, -0.2) is 12.1 Å². The van der Waals surface area contributed by atoms with Gasteiger partial charge in [0.1, 0.15) is 11.2 Å². The number of allylic oxidation sites excluding steroid dienone is 10. The van der Waals surface area contributed by atoms with Gasteiger partial charge in [-0.2, -0.15) is 0 Å². The molecule has 3 nitrogen and oxygen atoms in total. The number of furan rings is 1. The summed E-state index contributed by atoms with van der Waals surface area (Å²) in [4.78, 5) is 2.68. The average molecular weight is 749 g/mol. The monoisotopic (exact) mass is 748 g/mol. The summed E-state index contributed by atoms with van der Waals surface area (Å²) in [6.07, 6.45) is 27.7. The number of anilines is 2. The zero-order valence-electron chi connectivity index (χ0n) is 32.4. The quantitative estimate of drug-likeness (QED) is 0.182. The highest BCUT2D eigenvalue weighted by Crippen LogP contribution is 2.66. The van der Waals surface area contributed by atoms with Crippen molar-refractivity contribution in [2.45, 2.75) is 55.5 Å². The Bertz CT molecular complexity index is 2950. The maximum absolute atomic E-state index is 6.65. The molecule has 1 N–H and O–H groups in total. The molecule has 1 saturated heterocycles. The molecular formula is C55H44N2O. The van der Waals surface area contributed by atoms with Crippen molar-refractivity contribution in [3.8, 4) is 11.1 Å². The van der Waals surface area contributed by atoms with Crippen LogP contribution in [0, 0.1) is 11.8 Å². The van der Waals surface area contributed by atoms with Gasteiger partial charge < -0.3 is 14.6 Å². The van der Waals surface area contributed by atoms with E-state index in [1.807, 2.05) is 0 Å². The number of nitrogens with zero attached hydrogens (tertiary/aromatic N) is 1. The van der Waals surface area contributed by atoms with Crippen LogP contribution in [-0.2, 0) is 5.41 Å². The molecule has 0 saturated carbocycles.